The third-order valence-corrected chi connectivity index (χ3v) is 3.00. The van der Waals surface area contributed by atoms with Crippen molar-refractivity contribution in [2.75, 3.05) is 0 Å². The Hall–Kier alpha value is -1.69. The Bertz CT molecular complexity index is 415. The van der Waals surface area contributed by atoms with Gasteiger partial charge in [0.15, 0.2) is 5.78 Å². The first-order chi connectivity index (χ1) is 8.13. The molecule has 17 heavy (non-hydrogen) atoms. The fourth-order valence-electron chi connectivity index (χ4n) is 1.88. The molecule has 1 rings (SSSR count). The summed E-state index contributed by atoms with van der Waals surface area (Å²) in [6.07, 6.45) is 1.46. The summed E-state index contributed by atoms with van der Waals surface area (Å²) in [7, 11) is 0. The predicted molar refractivity (Wildman–Crippen MR) is 63.8 cm³/mol. The van der Waals surface area contributed by atoms with E-state index in [1.54, 1.807) is 0 Å². The average Bonchev–Trinajstić information content (AvgIpc) is 2.34. The highest BCUT2D eigenvalue weighted by Crippen LogP contribution is 2.23. The summed E-state index contributed by atoms with van der Waals surface area (Å²) in [5, 5.41) is 9.09. The zero-order valence-corrected chi connectivity index (χ0v) is 10.1. The van der Waals surface area contributed by atoms with Gasteiger partial charge in [-0.05, 0) is 30.5 Å². The van der Waals surface area contributed by atoms with Gasteiger partial charge in [-0.2, -0.15) is 5.26 Å². The van der Waals surface area contributed by atoms with E-state index in [4.69, 9.17) is 5.26 Å². The van der Waals surface area contributed by atoms with E-state index in [-0.39, 0.29) is 17.5 Å². The molecule has 1 unspecified atom stereocenters. The zero-order valence-electron chi connectivity index (χ0n) is 10.1. The number of nitriles is 1. The molecule has 0 saturated carbocycles. The second-order valence-electron chi connectivity index (χ2n) is 4.03. The van der Waals surface area contributed by atoms with Gasteiger partial charge in [-0.1, -0.05) is 26.0 Å². The highest BCUT2D eigenvalue weighted by Gasteiger charge is 2.25. The highest BCUT2D eigenvalue weighted by atomic mass is 19.1. The number of carbonyl (C=O) groups excluding carboxylic acids is 1. The summed E-state index contributed by atoms with van der Waals surface area (Å²) < 4.78 is 12.8. The molecule has 0 bridgehead atoms. The van der Waals surface area contributed by atoms with Crippen LogP contribution in [0.2, 0.25) is 0 Å². The minimum absolute atomic E-state index is 0.0656. The van der Waals surface area contributed by atoms with Crippen molar-refractivity contribution in [2.24, 2.45) is 5.92 Å². The summed E-state index contributed by atoms with van der Waals surface area (Å²) in [4.78, 5) is 12.1. The van der Waals surface area contributed by atoms with Crippen molar-refractivity contribution in [2.45, 2.75) is 32.6 Å². The van der Waals surface area contributed by atoms with E-state index in [0.29, 0.717) is 5.56 Å². The lowest BCUT2D eigenvalue weighted by Gasteiger charge is -2.15. The van der Waals surface area contributed by atoms with Crippen LogP contribution in [-0.2, 0) is 4.79 Å². The van der Waals surface area contributed by atoms with Crippen LogP contribution in [-0.4, -0.2) is 5.78 Å². The quantitative estimate of drug-likeness (QED) is 0.781. The summed E-state index contributed by atoms with van der Waals surface area (Å²) in [6, 6.07) is 7.58. The van der Waals surface area contributed by atoms with Crippen LogP contribution in [0.4, 0.5) is 4.39 Å². The fourth-order valence-corrected chi connectivity index (χ4v) is 1.88. The number of benzene rings is 1. The maximum atomic E-state index is 12.8. The lowest BCUT2D eigenvalue weighted by Crippen LogP contribution is -2.20. The highest BCUT2D eigenvalue weighted by molar-refractivity contribution is 5.90. The van der Waals surface area contributed by atoms with Gasteiger partial charge in [-0.25, -0.2) is 4.39 Å². The van der Waals surface area contributed by atoms with E-state index in [0.717, 1.165) is 12.8 Å². The maximum Gasteiger partial charge on any atom is 0.157 e. The van der Waals surface area contributed by atoms with E-state index < -0.39 is 5.92 Å². The molecule has 1 aromatic rings. The second kappa shape index (κ2) is 6.15. The van der Waals surface area contributed by atoms with E-state index >= 15 is 0 Å². The summed E-state index contributed by atoms with van der Waals surface area (Å²) in [5.74, 6) is -1.30. The molecule has 0 radical (unpaired) electrons. The second-order valence-corrected chi connectivity index (χ2v) is 4.03. The standard InChI is InChI=1S/C14H16FNO/c1-3-10(4-2)14(17)13(9-16)11-5-7-12(15)8-6-11/h5-8,10,13H,3-4H2,1-2H3. The van der Waals surface area contributed by atoms with Gasteiger partial charge in [0.25, 0.3) is 0 Å². The molecular weight excluding hydrogens is 217 g/mol. The van der Waals surface area contributed by atoms with Crippen molar-refractivity contribution in [3.63, 3.8) is 0 Å². The molecule has 0 fully saturated rings. The van der Waals surface area contributed by atoms with Gasteiger partial charge in [-0.3, -0.25) is 4.79 Å². The van der Waals surface area contributed by atoms with Gasteiger partial charge < -0.3 is 0 Å². The fraction of sp³-hybridized carbons (Fsp3) is 0.429. The molecule has 0 spiro atoms. The van der Waals surface area contributed by atoms with E-state index in [1.807, 2.05) is 19.9 Å². The molecule has 0 aromatic heterocycles. The van der Waals surface area contributed by atoms with Crippen molar-refractivity contribution >= 4 is 5.78 Å². The molecular formula is C14H16FNO. The van der Waals surface area contributed by atoms with Crippen molar-refractivity contribution < 1.29 is 9.18 Å². The van der Waals surface area contributed by atoms with Crippen LogP contribution in [0.25, 0.3) is 0 Å². The van der Waals surface area contributed by atoms with E-state index in [9.17, 15) is 9.18 Å². The smallest absolute Gasteiger partial charge is 0.157 e. The van der Waals surface area contributed by atoms with Crippen molar-refractivity contribution in [3.8, 4) is 6.07 Å². The summed E-state index contributed by atoms with van der Waals surface area (Å²) in [5.41, 5.74) is 0.575. The lowest BCUT2D eigenvalue weighted by molar-refractivity contribution is -0.123. The molecule has 0 aliphatic rings. The number of Topliss-reactive ketones (excluding diaryl/α,β-unsaturated/α-hetero) is 1. The van der Waals surface area contributed by atoms with Crippen molar-refractivity contribution in [1.29, 1.82) is 5.26 Å². The molecule has 0 aliphatic carbocycles. The first-order valence-electron chi connectivity index (χ1n) is 5.82. The molecule has 0 heterocycles. The molecule has 0 N–H and O–H groups in total. The van der Waals surface area contributed by atoms with Crippen LogP contribution in [0.15, 0.2) is 24.3 Å². The normalized spacial score (nSPS) is 12.2. The van der Waals surface area contributed by atoms with Crippen molar-refractivity contribution in [1.82, 2.24) is 0 Å². The zero-order chi connectivity index (χ0) is 12.8. The number of hydrogen-bond donors (Lipinski definition) is 0. The molecule has 3 heteroatoms. The molecule has 0 saturated heterocycles. The topological polar surface area (TPSA) is 40.9 Å². The van der Waals surface area contributed by atoms with Crippen LogP contribution < -0.4 is 0 Å². The molecule has 90 valence electrons. The van der Waals surface area contributed by atoms with Gasteiger partial charge >= 0.3 is 0 Å². The monoisotopic (exact) mass is 233 g/mol. The third-order valence-electron chi connectivity index (χ3n) is 3.00. The van der Waals surface area contributed by atoms with Crippen LogP contribution in [0.3, 0.4) is 0 Å². The summed E-state index contributed by atoms with van der Waals surface area (Å²) in [6.45, 7) is 3.87. The Balaban J connectivity index is 2.96. The van der Waals surface area contributed by atoms with Crippen LogP contribution in [0.1, 0.15) is 38.2 Å². The van der Waals surface area contributed by atoms with Gasteiger partial charge in [0.1, 0.15) is 11.7 Å². The van der Waals surface area contributed by atoms with E-state index in [2.05, 4.69) is 0 Å². The Kier molecular flexibility index (Phi) is 4.84. The largest absolute Gasteiger partial charge is 0.298 e. The molecule has 0 aliphatic heterocycles. The Morgan fingerprint density at radius 3 is 2.24 bits per heavy atom. The Labute approximate surface area is 101 Å². The number of nitrogens with zero attached hydrogens (tertiary/aromatic N) is 1. The van der Waals surface area contributed by atoms with Crippen LogP contribution in [0, 0.1) is 23.1 Å². The molecule has 1 atom stereocenters. The predicted octanol–water partition coefficient (Wildman–Crippen LogP) is 3.44. The van der Waals surface area contributed by atoms with Crippen molar-refractivity contribution in [3.05, 3.63) is 35.6 Å². The lowest BCUT2D eigenvalue weighted by atomic mass is 9.86. The molecule has 1 aromatic carbocycles. The van der Waals surface area contributed by atoms with Crippen LogP contribution >= 0.6 is 0 Å². The SMILES string of the molecule is CCC(CC)C(=O)C(C#N)c1ccc(F)cc1. The number of rotatable bonds is 5. The first kappa shape index (κ1) is 13.4. The summed E-state index contributed by atoms with van der Waals surface area (Å²) >= 11 is 0. The minimum Gasteiger partial charge on any atom is -0.298 e. The van der Waals surface area contributed by atoms with Gasteiger partial charge in [-0.15, -0.1) is 0 Å². The van der Waals surface area contributed by atoms with E-state index in [1.165, 1.54) is 24.3 Å². The third kappa shape index (κ3) is 3.13. The molecule has 0 amide bonds. The molecule has 2 nitrogen and oxygen atoms in total. The maximum absolute atomic E-state index is 12.8. The minimum atomic E-state index is -0.777. The van der Waals surface area contributed by atoms with Gasteiger partial charge in [0, 0.05) is 5.92 Å². The number of carbonyl (C=O) groups is 1. The van der Waals surface area contributed by atoms with Gasteiger partial charge in [0.05, 0.1) is 6.07 Å². The van der Waals surface area contributed by atoms with Gasteiger partial charge in [0.2, 0.25) is 0 Å². The number of halogens is 1. The Morgan fingerprint density at radius 1 is 1.29 bits per heavy atom. The first-order valence-corrected chi connectivity index (χ1v) is 5.82. The number of hydrogen-bond acceptors (Lipinski definition) is 2. The average molecular weight is 233 g/mol. The van der Waals surface area contributed by atoms with Crippen LogP contribution in [0.5, 0.6) is 0 Å². The number of ketones is 1. The Morgan fingerprint density at radius 2 is 1.82 bits per heavy atom.